The highest BCUT2D eigenvalue weighted by atomic mass is 19.4. The van der Waals surface area contributed by atoms with Gasteiger partial charge in [0.1, 0.15) is 0 Å². The van der Waals surface area contributed by atoms with Crippen molar-refractivity contribution in [3.05, 3.63) is 59.7 Å². The van der Waals surface area contributed by atoms with E-state index in [1.807, 2.05) is 24.3 Å². The van der Waals surface area contributed by atoms with E-state index in [1.54, 1.807) is 6.92 Å². The minimum atomic E-state index is -4.43. The van der Waals surface area contributed by atoms with Gasteiger partial charge in [-0.15, -0.1) is 0 Å². The molecule has 1 saturated heterocycles. The van der Waals surface area contributed by atoms with Crippen molar-refractivity contribution < 1.29 is 22.7 Å². The Hall–Kier alpha value is -3.07. The number of alkyl halides is 3. The fourth-order valence-electron chi connectivity index (χ4n) is 2.97. The van der Waals surface area contributed by atoms with Crippen LogP contribution >= 0.6 is 0 Å². The third-order valence-corrected chi connectivity index (χ3v) is 4.65. The van der Waals surface area contributed by atoms with Crippen LogP contribution in [0.25, 0.3) is 0 Å². The lowest BCUT2D eigenvalue weighted by Gasteiger charge is -2.28. The number of amides is 1. The fourth-order valence-corrected chi connectivity index (χ4v) is 2.97. The maximum atomic E-state index is 12.7. The smallest absolute Gasteiger partial charge is 0.378 e. The average molecular weight is 420 g/mol. The Kier molecular flexibility index (Phi) is 6.94. The molecule has 0 radical (unpaired) electrons. The molecule has 1 fully saturated rings. The number of rotatable bonds is 6. The van der Waals surface area contributed by atoms with E-state index >= 15 is 0 Å². The largest absolute Gasteiger partial charge is 0.416 e. The SMILES string of the molecule is CC(=NNC(=O)CNc1cccc(C(F)(F)F)c1)c1ccc(N2CCOCC2)cc1. The first kappa shape index (κ1) is 21.6. The Morgan fingerprint density at radius 2 is 1.83 bits per heavy atom. The van der Waals surface area contributed by atoms with Crippen LogP contribution in [0.3, 0.4) is 0 Å². The zero-order valence-corrected chi connectivity index (χ0v) is 16.5. The zero-order valence-electron chi connectivity index (χ0n) is 16.5. The normalized spacial score (nSPS) is 15.1. The summed E-state index contributed by atoms with van der Waals surface area (Å²) < 4.78 is 43.6. The van der Waals surface area contributed by atoms with Crippen molar-refractivity contribution in [3.8, 4) is 0 Å². The molecule has 1 amide bonds. The summed E-state index contributed by atoms with van der Waals surface area (Å²) in [4.78, 5) is 14.2. The number of hydrogen-bond acceptors (Lipinski definition) is 5. The summed E-state index contributed by atoms with van der Waals surface area (Å²) in [5.74, 6) is -0.461. The number of carbonyl (C=O) groups excluding carboxylic acids is 1. The van der Waals surface area contributed by atoms with Crippen molar-refractivity contribution in [1.82, 2.24) is 5.43 Å². The van der Waals surface area contributed by atoms with Crippen molar-refractivity contribution >= 4 is 23.0 Å². The van der Waals surface area contributed by atoms with Gasteiger partial charge in [-0.3, -0.25) is 4.79 Å². The maximum Gasteiger partial charge on any atom is 0.416 e. The lowest BCUT2D eigenvalue weighted by molar-refractivity contribution is -0.137. The molecule has 160 valence electrons. The Labute approximate surface area is 172 Å². The quantitative estimate of drug-likeness (QED) is 0.555. The van der Waals surface area contributed by atoms with Gasteiger partial charge in [0.15, 0.2) is 0 Å². The second kappa shape index (κ2) is 9.62. The fraction of sp³-hybridized carbons (Fsp3) is 0.333. The first-order valence-corrected chi connectivity index (χ1v) is 9.50. The van der Waals surface area contributed by atoms with Crippen molar-refractivity contribution in [3.63, 3.8) is 0 Å². The van der Waals surface area contributed by atoms with E-state index in [1.165, 1.54) is 12.1 Å². The van der Waals surface area contributed by atoms with Gasteiger partial charge in [-0.1, -0.05) is 18.2 Å². The van der Waals surface area contributed by atoms with Crippen molar-refractivity contribution in [1.29, 1.82) is 0 Å². The van der Waals surface area contributed by atoms with Gasteiger partial charge in [0.2, 0.25) is 0 Å². The maximum absolute atomic E-state index is 12.7. The van der Waals surface area contributed by atoms with Crippen LogP contribution in [0.2, 0.25) is 0 Å². The van der Waals surface area contributed by atoms with E-state index < -0.39 is 17.6 Å². The second-order valence-corrected chi connectivity index (χ2v) is 6.81. The molecule has 1 heterocycles. The predicted octanol–water partition coefficient (Wildman–Crippen LogP) is 3.49. The topological polar surface area (TPSA) is 66.0 Å². The molecule has 0 aliphatic carbocycles. The van der Waals surface area contributed by atoms with Crippen molar-refractivity contribution in [2.24, 2.45) is 5.10 Å². The molecule has 6 nitrogen and oxygen atoms in total. The van der Waals surface area contributed by atoms with Gasteiger partial charge in [-0.05, 0) is 42.8 Å². The van der Waals surface area contributed by atoms with Crippen molar-refractivity contribution in [2.75, 3.05) is 43.1 Å². The van der Waals surface area contributed by atoms with E-state index in [0.717, 1.165) is 36.5 Å². The van der Waals surface area contributed by atoms with Crippen molar-refractivity contribution in [2.45, 2.75) is 13.1 Å². The molecule has 0 spiro atoms. The van der Waals surface area contributed by atoms with Gasteiger partial charge >= 0.3 is 6.18 Å². The summed E-state index contributed by atoms with van der Waals surface area (Å²) >= 11 is 0. The lowest BCUT2D eigenvalue weighted by atomic mass is 10.1. The number of benzene rings is 2. The molecule has 0 atom stereocenters. The number of anilines is 2. The van der Waals surface area contributed by atoms with Crippen LogP contribution < -0.4 is 15.6 Å². The summed E-state index contributed by atoms with van der Waals surface area (Å²) in [5.41, 5.74) is 4.43. The molecule has 1 aliphatic rings. The van der Waals surface area contributed by atoms with E-state index in [2.05, 4.69) is 20.7 Å². The van der Waals surface area contributed by atoms with Crippen LogP contribution in [-0.4, -0.2) is 44.5 Å². The van der Waals surface area contributed by atoms with Crippen LogP contribution in [0.5, 0.6) is 0 Å². The number of nitrogens with one attached hydrogen (secondary N) is 2. The number of hydrazone groups is 1. The summed E-state index contributed by atoms with van der Waals surface area (Å²) in [6, 6.07) is 12.5. The zero-order chi connectivity index (χ0) is 21.6. The lowest BCUT2D eigenvalue weighted by Crippen LogP contribution is -2.36. The monoisotopic (exact) mass is 420 g/mol. The molecule has 1 aliphatic heterocycles. The van der Waals surface area contributed by atoms with E-state index in [4.69, 9.17) is 4.74 Å². The average Bonchev–Trinajstić information content (AvgIpc) is 2.76. The molecule has 30 heavy (non-hydrogen) atoms. The van der Waals surface area contributed by atoms with Crippen LogP contribution in [0, 0.1) is 0 Å². The Morgan fingerprint density at radius 3 is 2.50 bits per heavy atom. The molecule has 9 heteroatoms. The molecule has 2 N–H and O–H groups in total. The summed E-state index contributed by atoms with van der Waals surface area (Å²) in [7, 11) is 0. The van der Waals surface area contributed by atoms with Gasteiger partial charge in [-0.2, -0.15) is 18.3 Å². The number of morpholine rings is 1. The Bertz CT molecular complexity index is 892. The summed E-state index contributed by atoms with van der Waals surface area (Å²) in [6.07, 6.45) is -4.43. The number of hydrogen-bond donors (Lipinski definition) is 2. The second-order valence-electron chi connectivity index (χ2n) is 6.81. The highest BCUT2D eigenvalue weighted by Gasteiger charge is 2.30. The third kappa shape index (κ3) is 5.96. The number of nitrogens with zero attached hydrogens (tertiary/aromatic N) is 2. The predicted molar refractivity (Wildman–Crippen MR) is 110 cm³/mol. The first-order chi connectivity index (χ1) is 14.3. The molecular weight excluding hydrogens is 397 g/mol. The van der Waals surface area contributed by atoms with E-state index in [0.29, 0.717) is 18.9 Å². The van der Waals surface area contributed by atoms with Gasteiger partial charge in [-0.25, -0.2) is 5.43 Å². The Balaban J connectivity index is 1.52. The van der Waals surface area contributed by atoms with E-state index in [-0.39, 0.29) is 12.2 Å². The van der Waals surface area contributed by atoms with Crippen LogP contribution in [0.1, 0.15) is 18.1 Å². The van der Waals surface area contributed by atoms with Crippen LogP contribution in [0.4, 0.5) is 24.5 Å². The number of halogens is 3. The van der Waals surface area contributed by atoms with Gasteiger partial charge in [0.25, 0.3) is 5.91 Å². The van der Waals surface area contributed by atoms with Crippen LogP contribution in [-0.2, 0) is 15.7 Å². The molecule has 0 unspecified atom stereocenters. The molecule has 0 aromatic heterocycles. The minimum absolute atomic E-state index is 0.200. The minimum Gasteiger partial charge on any atom is -0.378 e. The molecule has 2 aromatic carbocycles. The molecule has 0 saturated carbocycles. The molecule has 3 rings (SSSR count). The van der Waals surface area contributed by atoms with E-state index in [9.17, 15) is 18.0 Å². The summed E-state index contributed by atoms with van der Waals surface area (Å²) in [5, 5.41) is 6.74. The molecule has 2 aromatic rings. The van der Waals surface area contributed by atoms with Gasteiger partial charge in [0.05, 0.1) is 31.0 Å². The highest BCUT2D eigenvalue weighted by molar-refractivity contribution is 5.99. The number of ether oxygens (including phenoxy) is 1. The number of carbonyl (C=O) groups is 1. The molecule has 0 bridgehead atoms. The summed E-state index contributed by atoms with van der Waals surface area (Å²) in [6.45, 7) is 4.69. The van der Waals surface area contributed by atoms with Gasteiger partial charge in [0, 0.05) is 24.5 Å². The van der Waals surface area contributed by atoms with Crippen LogP contribution in [0.15, 0.2) is 53.6 Å². The Morgan fingerprint density at radius 1 is 1.13 bits per heavy atom. The highest BCUT2D eigenvalue weighted by Crippen LogP contribution is 2.30. The first-order valence-electron chi connectivity index (χ1n) is 9.50. The molecular formula is C21H23F3N4O2. The third-order valence-electron chi connectivity index (χ3n) is 4.65. The standard InChI is InChI=1S/C21H23F3N4O2/c1-15(16-5-7-19(8-6-16)28-9-11-30-12-10-28)26-27-20(29)14-25-18-4-2-3-17(13-18)21(22,23)24/h2-8,13,25H,9-12,14H2,1H3,(H,27,29). The van der Waals surface area contributed by atoms with Gasteiger partial charge < -0.3 is 15.0 Å².